The fourth-order valence-electron chi connectivity index (χ4n) is 4.43. The van der Waals surface area contributed by atoms with E-state index in [1.54, 1.807) is 11.0 Å². The van der Waals surface area contributed by atoms with E-state index in [1.807, 2.05) is 6.26 Å². The zero-order chi connectivity index (χ0) is 23.6. The number of rotatable bonds is 6. The standard InChI is InChI=1S/C23H28N2O5S3/c1-30-23(27)20-16-8-4-5-9-19(16)32-21(20)24-33(28,29)15-10-11-18(31-2)17(14-15)22(26)25-12-6-3-7-13-25/h10-11,14,24H,3-9,12-13H2,1-2H3. The molecule has 33 heavy (non-hydrogen) atoms. The van der Waals surface area contributed by atoms with Gasteiger partial charge in [-0.05, 0) is 75.0 Å². The van der Waals surface area contributed by atoms with Crippen LogP contribution in [-0.4, -0.2) is 51.6 Å². The fourth-order valence-corrected chi connectivity index (χ4v) is 7.60. The molecule has 1 saturated heterocycles. The van der Waals surface area contributed by atoms with E-state index in [9.17, 15) is 18.0 Å². The SMILES string of the molecule is COC(=O)c1c(NS(=O)(=O)c2ccc(SC)c(C(=O)N3CCCCC3)c2)sc2c1CCCC2. The number of sulfonamides is 1. The number of hydrogen-bond acceptors (Lipinski definition) is 7. The predicted molar refractivity (Wildman–Crippen MR) is 131 cm³/mol. The minimum absolute atomic E-state index is 0.00264. The smallest absolute Gasteiger partial charge is 0.341 e. The van der Waals surface area contributed by atoms with Gasteiger partial charge in [-0.2, -0.15) is 0 Å². The van der Waals surface area contributed by atoms with Crippen LogP contribution in [-0.2, 0) is 27.6 Å². The van der Waals surface area contributed by atoms with E-state index in [2.05, 4.69) is 4.72 Å². The monoisotopic (exact) mass is 508 g/mol. The lowest BCUT2D eigenvalue weighted by atomic mass is 9.95. The van der Waals surface area contributed by atoms with Crippen molar-refractivity contribution in [3.8, 4) is 0 Å². The van der Waals surface area contributed by atoms with Gasteiger partial charge in [-0.25, -0.2) is 13.2 Å². The highest BCUT2D eigenvalue weighted by Gasteiger charge is 2.30. The second kappa shape index (κ2) is 10.1. The van der Waals surface area contributed by atoms with Crippen molar-refractivity contribution in [3.05, 3.63) is 39.8 Å². The number of likely N-dealkylation sites (tertiary alicyclic amines) is 1. The Morgan fingerprint density at radius 1 is 1.09 bits per heavy atom. The average Bonchev–Trinajstić information content (AvgIpc) is 3.20. The lowest BCUT2D eigenvalue weighted by Gasteiger charge is -2.27. The van der Waals surface area contributed by atoms with E-state index < -0.39 is 16.0 Å². The Morgan fingerprint density at radius 3 is 2.52 bits per heavy atom. The number of aryl methyl sites for hydroxylation is 1. The minimum atomic E-state index is -4.02. The van der Waals surface area contributed by atoms with Crippen molar-refractivity contribution in [2.75, 3.05) is 31.2 Å². The Hall–Kier alpha value is -2.04. The summed E-state index contributed by atoms with van der Waals surface area (Å²) < 4.78 is 34.2. The van der Waals surface area contributed by atoms with Gasteiger partial charge in [0, 0.05) is 22.9 Å². The number of nitrogens with zero attached hydrogens (tertiary/aromatic N) is 1. The van der Waals surface area contributed by atoms with Gasteiger partial charge in [0.1, 0.15) is 5.00 Å². The number of thiophene rings is 1. The highest BCUT2D eigenvalue weighted by Crippen LogP contribution is 2.39. The lowest BCUT2D eigenvalue weighted by molar-refractivity contribution is 0.0600. The fraction of sp³-hybridized carbons (Fsp3) is 0.478. The van der Waals surface area contributed by atoms with Crippen LogP contribution in [0.5, 0.6) is 0 Å². The van der Waals surface area contributed by atoms with Crippen molar-refractivity contribution in [1.29, 1.82) is 0 Å². The maximum absolute atomic E-state index is 13.3. The lowest BCUT2D eigenvalue weighted by Crippen LogP contribution is -2.36. The normalized spacial score (nSPS) is 16.2. The molecule has 4 rings (SSSR count). The topological polar surface area (TPSA) is 92.8 Å². The van der Waals surface area contributed by atoms with Gasteiger partial charge in [0.25, 0.3) is 15.9 Å². The predicted octanol–water partition coefficient (Wildman–Crippen LogP) is 4.56. The summed E-state index contributed by atoms with van der Waals surface area (Å²) in [5.41, 5.74) is 1.59. The summed E-state index contributed by atoms with van der Waals surface area (Å²) in [5, 5.41) is 0.284. The number of esters is 1. The van der Waals surface area contributed by atoms with Crippen molar-refractivity contribution in [2.24, 2.45) is 0 Å². The first-order valence-electron chi connectivity index (χ1n) is 11.1. The van der Waals surface area contributed by atoms with Crippen LogP contribution in [0.1, 0.15) is 63.3 Å². The zero-order valence-corrected chi connectivity index (χ0v) is 21.3. The van der Waals surface area contributed by atoms with Crippen LogP contribution in [0.15, 0.2) is 28.0 Å². The molecule has 1 aromatic carbocycles. The molecule has 178 valence electrons. The van der Waals surface area contributed by atoms with Crippen LogP contribution in [0.25, 0.3) is 0 Å². The number of nitrogens with one attached hydrogen (secondary N) is 1. The van der Waals surface area contributed by atoms with Gasteiger partial charge in [0.15, 0.2) is 0 Å². The van der Waals surface area contributed by atoms with Gasteiger partial charge in [0.05, 0.1) is 23.1 Å². The molecule has 1 N–H and O–H groups in total. The van der Waals surface area contributed by atoms with Crippen LogP contribution < -0.4 is 4.72 Å². The largest absolute Gasteiger partial charge is 0.465 e. The molecular weight excluding hydrogens is 480 g/mol. The van der Waals surface area contributed by atoms with Crippen molar-refractivity contribution in [2.45, 2.75) is 54.7 Å². The number of hydrogen-bond donors (Lipinski definition) is 1. The molecular formula is C23H28N2O5S3. The molecule has 0 atom stereocenters. The number of fused-ring (bicyclic) bond motifs is 1. The summed E-state index contributed by atoms with van der Waals surface area (Å²) in [5.74, 6) is -0.677. The van der Waals surface area contributed by atoms with Gasteiger partial charge < -0.3 is 9.64 Å². The molecule has 1 aliphatic carbocycles. The number of benzene rings is 1. The maximum Gasteiger partial charge on any atom is 0.341 e. The quantitative estimate of drug-likeness (QED) is 0.454. The van der Waals surface area contributed by atoms with E-state index in [1.165, 1.54) is 42.3 Å². The first-order chi connectivity index (χ1) is 15.9. The van der Waals surface area contributed by atoms with Gasteiger partial charge in [-0.15, -0.1) is 23.1 Å². The van der Waals surface area contributed by atoms with Crippen LogP contribution in [0.3, 0.4) is 0 Å². The summed E-state index contributed by atoms with van der Waals surface area (Å²) in [4.78, 5) is 29.2. The number of thioether (sulfide) groups is 1. The maximum atomic E-state index is 13.3. The Labute approximate surface area is 202 Å². The second-order valence-electron chi connectivity index (χ2n) is 8.23. The molecule has 0 bridgehead atoms. The third-order valence-electron chi connectivity index (χ3n) is 6.14. The molecule has 0 saturated carbocycles. The summed E-state index contributed by atoms with van der Waals surface area (Å²) in [6.45, 7) is 1.37. The molecule has 2 aliphatic rings. The van der Waals surface area contributed by atoms with Crippen LogP contribution in [0.2, 0.25) is 0 Å². The van der Waals surface area contributed by atoms with Crippen LogP contribution in [0.4, 0.5) is 5.00 Å². The first kappa shape index (κ1) is 24.1. The summed E-state index contributed by atoms with van der Waals surface area (Å²) in [6.07, 6.45) is 8.41. The molecule has 7 nitrogen and oxygen atoms in total. The van der Waals surface area contributed by atoms with Crippen LogP contribution in [0, 0.1) is 0 Å². The molecule has 0 unspecified atom stereocenters. The number of methoxy groups -OCH3 is 1. The van der Waals surface area contributed by atoms with Gasteiger partial charge in [-0.1, -0.05) is 0 Å². The van der Waals surface area contributed by atoms with E-state index >= 15 is 0 Å². The Kier molecular flexibility index (Phi) is 7.35. The van der Waals surface area contributed by atoms with Gasteiger partial charge in [0.2, 0.25) is 0 Å². The first-order valence-corrected chi connectivity index (χ1v) is 14.6. The Morgan fingerprint density at radius 2 is 1.82 bits per heavy atom. The second-order valence-corrected chi connectivity index (χ2v) is 11.9. The number of carbonyl (C=O) groups is 2. The van der Waals surface area contributed by atoms with Gasteiger partial charge >= 0.3 is 5.97 Å². The highest BCUT2D eigenvalue weighted by atomic mass is 32.2. The van der Waals surface area contributed by atoms with Crippen molar-refractivity contribution in [1.82, 2.24) is 4.90 Å². The van der Waals surface area contributed by atoms with Crippen LogP contribution >= 0.6 is 23.1 Å². The van der Waals surface area contributed by atoms with E-state index in [4.69, 9.17) is 4.74 Å². The Balaban J connectivity index is 1.69. The minimum Gasteiger partial charge on any atom is -0.465 e. The molecule has 2 heterocycles. The summed E-state index contributed by atoms with van der Waals surface area (Å²) >= 11 is 2.71. The van der Waals surface area contributed by atoms with E-state index in [0.717, 1.165) is 60.3 Å². The van der Waals surface area contributed by atoms with Crippen molar-refractivity contribution in [3.63, 3.8) is 0 Å². The third-order valence-corrected chi connectivity index (χ3v) is 9.62. The number of piperidine rings is 1. The van der Waals surface area contributed by atoms with E-state index in [0.29, 0.717) is 24.2 Å². The Bertz CT molecular complexity index is 1170. The highest BCUT2D eigenvalue weighted by molar-refractivity contribution is 7.98. The number of anilines is 1. The number of carbonyl (C=O) groups excluding carboxylic acids is 2. The third kappa shape index (κ3) is 4.93. The molecule has 1 aliphatic heterocycles. The molecule has 0 radical (unpaired) electrons. The number of amides is 1. The molecule has 1 amide bonds. The van der Waals surface area contributed by atoms with Gasteiger partial charge in [-0.3, -0.25) is 9.52 Å². The van der Waals surface area contributed by atoms with Crippen molar-refractivity contribution >= 4 is 50.0 Å². The molecule has 10 heteroatoms. The number of ether oxygens (including phenoxy) is 1. The zero-order valence-electron chi connectivity index (χ0n) is 18.8. The van der Waals surface area contributed by atoms with Crippen molar-refractivity contribution < 1.29 is 22.7 Å². The average molecular weight is 509 g/mol. The summed E-state index contributed by atoms with van der Waals surface area (Å²) in [6, 6.07) is 4.64. The molecule has 1 aromatic heterocycles. The molecule has 1 fully saturated rings. The van der Waals surface area contributed by atoms with E-state index in [-0.39, 0.29) is 15.8 Å². The molecule has 0 spiro atoms. The summed E-state index contributed by atoms with van der Waals surface area (Å²) in [7, 11) is -2.72. The molecule has 2 aromatic rings.